The van der Waals surface area contributed by atoms with E-state index in [0.717, 1.165) is 11.3 Å². The molecule has 4 heteroatoms. The van der Waals surface area contributed by atoms with Crippen LogP contribution in [0, 0.1) is 0 Å². The lowest BCUT2D eigenvalue weighted by molar-refractivity contribution is 0.546. The van der Waals surface area contributed by atoms with E-state index in [0.29, 0.717) is 0 Å². The third-order valence-corrected chi connectivity index (χ3v) is 3.22. The van der Waals surface area contributed by atoms with Gasteiger partial charge in [0.2, 0.25) is 0 Å². The van der Waals surface area contributed by atoms with Crippen LogP contribution >= 0.6 is 0 Å². The van der Waals surface area contributed by atoms with Crippen molar-refractivity contribution in [2.45, 2.75) is 39.3 Å². The van der Waals surface area contributed by atoms with Crippen molar-refractivity contribution in [3.63, 3.8) is 0 Å². The van der Waals surface area contributed by atoms with E-state index in [4.69, 9.17) is 5.73 Å². The van der Waals surface area contributed by atoms with E-state index in [9.17, 15) is 4.79 Å². The minimum absolute atomic E-state index is 0.0355. The highest BCUT2D eigenvalue weighted by Gasteiger charge is 2.20. The van der Waals surface area contributed by atoms with E-state index in [-0.39, 0.29) is 11.7 Å². The average Bonchev–Trinajstić information content (AvgIpc) is 2.70. The molecule has 0 bridgehead atoms. The molecule has 2 aromatic rings. The highest BCUT2D eigenvalue weighted by Crippen LogP contribution is 2.23. The van der Waals surface area contributed by atoms with E-state index in [1.165, 1.54) is 0 Å². The second-order valence-electron chi connectivity index (χ2n) is 5.69. The molecule has 2 N–H and O–H groups in total. The zero-order valence-corrected chi connectivity index (χ0v) is 11.9. The van der Waals surface area contributed by atoms with Gasteiger partial charge in [0, 0.05) is 24.0 Å². The normalized spacial score (nSPS) is 12.1. The Bertz CT molecular complexity index is 629. The molecule has 0 aliphatic carbocycles. The Morgan fingerprint density at radius 3 is 2.32 bits per heavy atom. The summed E-state index contributed by atoms with van der Waals surface area (Å²) in [6.45, 7) is 7.86. The summed E-state index contributed by atoms with van der Waals surface area (Å²) in [7, 11) is 0. The molecule has 1 heterocycles. The fourth-order valence-electron chi connectivity index (χ4n) is 2.20. The van der Waals surface area contributed by atoms with Crippen molar-refractivity contribution in [3.05, 3.63) is 52.7 Å². The van der Waals surface area contributed by atoms with Gasteiger partial charge in [0.25, 0.3) is 0 Å². The topological polar surface area (TPSA) is 52.9 Å². The minimum Gasteiger partial charge on any atom is -0.322 e. The van der Waals surface area contributed by atoms with Gasteiger partial charge in [-0.05, 0) is 39.3 Å². The second-order valence-corrected chi connectivity index (χ2v) is 5.69. The first-order valence-electron chi connectivity index (χ1n) is 6.50. The molecule has 0 saturated carbocycles. The lowest BCUT2D eigenvalue weighted by Crippen LogP contribution is -2.32. The minimum atomic E-state index is -0.490. The molecule has 102 valence electrons. The second kappa shape index (κ2) is 4.70. The van der Waals surface area contributed by atoms with E-state index in [2.05, 4.69) is 0 Å². The molecule has 19 heavy (non-hydrogen) atoms. The van der Waals surface area contributed by atoms with Crippen molar-refractivity contribution >= 4 is 0 Å². The summed E-state index contributed by atoms with van der Waals surface area (Å²) in [5.74, 6) is 0. The van der Waals surface area contributed by atoms with Crippen LogP contribution in [0.2, 0.25) is 0 Å². The molecule has 0 aliphatic rings. The first-order valence-corrected chi connectivity index (χ1v) is 6.50. The zero-order chi connectivity index (χ0) is 14.2. The van der Waals surface area contributed by atoms with E-state index >= 15 is 0 Å². The highest BCUT2D eigenvalue weighted by molar-refractivity contribution is 5.44. The summed E-state index contributed by atoms with van der Waals surface area (Å²) in [5, 5.41) is 0. The van der Waals surface area contributed by atoms with Gasteiger partial charge in [-0.3, -0.25) is 9.13 Å². The number of rotatable bonds is 3. The number of nitrogens with two attached hydrogens (primary N) is 1. The van der Waals surface area contributed by atoms with Crippen LogP contribution in [-0.2, 0) is 5.54 Å². The molecule has 0 radical (unpaired) electrons. The van der Waals surface area contributed by atoms with Crippen molar-refractivity contribution in [2.24, 2.45) is 5.73 Å². The summed E-state index contributed by atoms with van der Waals surface area (Å²) in [6, 6.07) is 7.90. The predicted molar refractivity (Wildman–Crippen MR) is 77.6 cm³/mol. The van der Waals surface area contributed by atoms with Crippen molar-refractivity contribution in [2.75, 3.05) is 0 Å². The molecule has 0 amide bonds. The lowest BCUT2D eigenvalue weighted by atomic mass is 9.94. The maximum Gasteiger partial charge on any atom is 0.332 e. The third kappa shape index (κ3) is 2.49. The fraction of sp³-hybridized carbons (Fsp3) is 0.400. The van der Waals surface area contributed by atoms with E-state index in [1.54, 1.807) is 15.3 Å². The first-order chi connectivity index (χ1) is 8.82. The molecule has 0 saturated heterocycles. The molecule has 0 fully saturated rings. The van der Waals surface area contributed by atoms with Crippen molar-refractivity contribution in [1.29, 1.82) is 0 Å². The Balaban J connectivity index is 2.64. The summed E-state index contributed by atoms with van der Waals surface area (Å²) in [6.07, 6.45) is 3.61. The van der Waals surface area contributed by atoms with Crippen molar-refractivity contribution < 1.29 is 0 Å². The Hall–Kier alpha value is -1.81. The number of hydrogen-bond acceptors (Lipinski definition) is 2. The van der Waals surface area contributed by atoms with Gasteiger partial charge in [0.1, 0.15) is 0 Å². The smallest absolute Gasteiger partial charge is 0.322 e. The Kier molecular flexibility index (Phi) is 3.37. The molecule has 4 nitrogen and oxygen atoms in total. The van der Waals surface area contributed by atoms with Gasteiger partial charge < -0.3 is 5.73 Å². The van der Waals surface area contributed by atoms with E-state index < -0.39 is 5.54 Å². The molecule has 1 aromatic heterocycles. The SMILES string of the molecule is CC(C)n1ccn(-c2ccccc2C(C)(C)N)c1=O. The van der Waals surface area contributed by atoms with Crippen LogP contribution in [0.3, 0.4) is 0 Å². The summed E-state index contributed by atoms with van der Waals surface area (Å²) in [5.41, 5.74) is 7.47. The quantitative estimate of drug-likeness (QED) is 0.920. The Morgan fingerprint density at radius 2 is 1.79 bits per heavy atom. The lowest BCUT2D eigenvalue weighted by Gasteiger charge is -2.22. The van der Waals surface area contributed by atoms with Crippen LogP contribution in [0.4, 0.5) is 0 Å². The van der Waals surface area contributed by atoms with Crippen LogP contribution in [0.25, 0.3) is 5.69 Å². The van der Waals surface area contributed by atoms with Crippen LogP contribution < -0.4 is 11.4 Å². The van der Waals surface area contributed by atoms with Crippen molar-refractivity contribution in [1.82, 2.24) is 9.13 Å². The molecule has 0 unspecified atom stereocenters. The first kappa shape index (κ1) is 13.6. The van der Waals surface area contributed by atoms with Gasteiger partial charge >= 0.3 is 5.69 Å². The van der Waals surface area contributed by atoms with Crippen molar-refractivity contribution in [3.8, 4) is 5.69 Å². The number of para-hydroxylation sites is 1. The summed E-state index contributed by atoms with van der Waals surface area (Å²) >= 11 is 0. The van der Waals surface area contributed by atoms with Crippen LogP contribution in [0.5, 0.6) is 0 Å². The molecule has 0 atom stereocenters. The summed E-state index contributed by atoms with van der Waals surface area (Å²) < 4.78 is 3.37. The highest BCUT2D eigenvalue weighted by atomic mass is 16.1. The van der Waals surface area contributed by atoms with Gasteiger partial charge in [-0.1, -0.05) is 18.2 Å². The van der Waals surface area contributed by atoms with E-state index in [1.807, 2.05) is 58.2 Å². The molecular weight excluding hydrogens is 238 g/mol. The van der Waals surface area contributed by atoms with Gasteiger partial charge in [-0.2, -0.15) is 0 Å². The molecule has 0 spiro atoms. The van der Waals surface area contributed by atoms with Gasteiger partial charge in [0.15, 0.2) is 0 Å². The van der Waals surface area contributed by atoms with Crippen LogP contribution in [0.1, 0.15) is 39.3 Å². The Labute approximate surface area is 113 Å². The number of benzene rings is 1. The maximum atomic E-state index is 12.4. The average molecular weight is 259 g/mol. The van der Waals surface area contributed by atoms with Gasteiger partial charge in [-0.15, -0.1) is 0 Å². The zero-order valence-electron chi connectivity index (χ0n) is 11.9. The van der Waals surface area contributed by atoms with Gasteiger partial charge in [-0.25, -0.2) is 4.79 Å². The predicted octanol–water partition coefficient (Wildman–Crippen LogP) is 2.41. The summed E-state index contributed by atoms with van der Waals surface area (Å²) in [4.78, 5) is 12.4. The molecular formula is C15H21N3O. The monoisotopic (exact) mass is 259 g/mol. The molecule has 0 aliphatic heterocycles. The standard InChI is InChI=1S/C15H21N3O/c1-11(2)17-9-10-18(14(17)19)13-8-6-5-7-12(13)15(3,4)16/h5-11H,16H2,1-4H3. The third-order valence-electron chi connectivity index (χ3n) is 3.22. The number of nitrogens with zero attached hydrogens (tertiary/aromatic N) is 2. The molecule has 2 rings (SSSR count). The number of aromatic nitrogens is 2. The van der Waals surface area contributed by atoms with Gasteiger partial charge in [0.05, 0.1) is 5.69 Å². The fourth-order valence-corrected chi connectivity index (χ4v) is 2.20. The maximum absolute atomic E-state index is 12.4. The number of hydrogen-bond donors (Lipinski definition) is 1. The Morgan fingerprint density at radius 1 is 1.16 bits per heavy atom. The van der Waals surface area contributed by atoms with Crippen LogP contribution in [-0.4, -0.2) is 9.13 Å². The number of imidazole rings is 1. The largest absolute Gasteiger partial charge is 0.332 e. The van der Waals surface area contributed by atoms with Crippen LogP contribution in [0.15, 0.2) is 41.5 Å². The molecule has 1 aromatic carbocycles.